The Hall–Kier alpha value is -1.54. The normalized spacial score (nSPS) is 32.1. The number of fused-ring (bicyclic) bond motifs is 1. The summed E-state index contributed by atoms with van der Waals surface area (Å²) in [5.74, 6) is -1.86. The first-order chi connectivity index (χ1) is 10.4. The Balaban J connectivity index is 1.77. The van der Waals surface area contributed by atoms with Crippen LogP contribution in [0.25, 0.3) is 0 Å². The standard InChI is InChI=1S/C14H19N3O4S/c1-7(18)11-9-4-10(12(14(20)21)17(9)13(11)19)22-8-2-3-16(5-8)6-15/h6-9,11,15,18H,2-5H2,1H3,(H,20,21)/t7?,8?,9-,11?/m1/s1. The summed E-state index contributed by atoms with van der Waals surface area (Å²) in [6.07, 6.45) is 1.96. The van der Waals surface area contributed by atoms with Gasteiger partial charge in [-0.1, -0.05) is 0 Å². The molecular weight excluding hydrogens is 306 g/mol. The summed E-state index contributed by atoms with van der Waals surface area (Å²) in [7, 11) is 0. The van der Waals surface area contributed by atoms with Gasteiger partial charge in [-0.25, -0.2) is 4.79 Å². The minimum atomic E-state index is -1.08. The van der Waals surface area contributed by atoms with Gasteiger partial charge < -0.3 is 20.0 Å². The third-order valence-corrected chi connectivity index (χ3v) is 5.92. The molecule has 0 saturated carbocycles. The van der Waals surface area contributed by atoms with Crippen molar-refractivity contribution >= 4 is 30.0 Å². The Morgan fingerprint density at radius 2 is 2.27 bits per heavy atom. The molecule has 22 heavy (non-hydrogen) atoms. The number of thioether (sulfide) groups is 1. The highest BCUT2D eigenvalue weighted by atomic mass is 32.2. The molecule has 3 rings (SSSR count). The first-order valence-corrected chi connectivity index (χ1v) is 8.21. The summed E-state index contributed by atoms with van der Waals surface area (Å²) < 4.78 is 0. The fourth-order valence-electron chi connectivity index (χ4n) is 3.50. The second-order valence-electron chi connectivity index (χ2n) is 5.98. The minimum Gasteiger partial charge on any atom is -0.477 e. The highest BCUT2D eigenvalue weighted by Crippen LogP contribution is 2.48. The van der Waals surface area contributed by atoms with Gasteiger partial charge in [0.05, 0.1) is 24.4 Å². The molecule has 0 aromatic rings. The van der Waals surface area contributed by atoms with Crippen LogP contribution in [0.4, 0.5) is 0 Å². The molecule has 3 N–H and O–H groups in total. The first kappa shape index (κ1) is 15.4. The Morgan fingerprint density at radius 3 is 2.82 bits per heavy atom. The Kier molecular flexibility index (Phi) is 3.90. The number of nitrogens with one attached hydrogen (secondary N) is 1. The number of aliphatic carboxylic acids is 1. The smallest absolute Gasteiger partial charge is 0.353 e. The molecule has 120 valence electrons. The fraction of sp³-hybridized carbons (Fsp3) is 0.643. The predicted octanol–water partition coefficient (Wildman–Crippen LogP) is 0.309. The van der Waals surface area contributed by atoms with E-state index in [1.54, 1.807) is 6.92 Å². The molecular formula is C14H19N3O4S. The summed E-state index contributed by atoms with van der Waals surface area (Å²) >= 11 is 1.51. The van der Waals surface area contributed by atoms with Gasteiger partial charge in [-0.3, -0.25) is 10.2 Å². The van der Waals surface area contributed by atoms with Gasteiger partial charge in [-0.05, 0) is 13.3 Å². The van der Waals surface area contributed by atoms with Crippen molar-refractivity contribution in [2.24, 2.45) is 5.92 Å². The minimum absolute atomic E-state index is 0.0882. The first-order valence-electron chi connectivity index (χ1n) is 7.33. The van der Waals surface area contributed by atoms with Gasteiger partial charge >= 0.3 is 5.97 Å². The maximum atomic E-state index is 12.1. The van der Waals surface area contributed by atoms with E-state index in [2.05, 4.69) is 0 Å². The molecule has 0 bridgehead atoms. The Bertz CT molecular complexity index is 562. The number of rotatable bonds is 5. The topological polar surface area (TPSA) is 105 Å². The lowest BCUT2D eigenvalue weighted by atomic mass is 9.83. The van der Waals surface area contributed by atoms with Gasteiger partial charge in [0.25, 0.3) is 0 Å². The third-order valence-electron chi connectivity index (χ3n) is 4.56. The summed E-state index contributed by atoms with van der Waals surface area (Å²) in [6, 6.07) is -0.221. The molecule has 0 aromatic heterocycles. The second-order valence-corrected chi connectivity index (χ2v) is 7.37. The number of nitrogens with zero attached hydrogens (tertiary/aromatic N) is 2. The summed E-state index contributed by atoms with van der Waals surface area (Å²) in [6.45, 7) is 3.10. The van der Waals surface area contributed by atoms with Crippen LogP contribution in [-0.4, -0.2) is 68.7 Å². The van der Waals surface area contributed by atoms with E-state index in [0.717, 1.165) is 24.4 Å². The molecule has 3 unspecified atom stereocenters. The number of likely N-dealkylation sites (tertiary alicyclic amines) is 1. The molecule has 0 spiro atoms. The second kappa shape index (κ2) is 5.58. The molecule has 8 heteroatoms. The van der Waals surface area contributed by atoms with E-state index in [4.69, 9.17) is 5.41 Å². The molecule has 7 nitrogen and oxygen atoms in total. The van der Waals surface area contributed by atoms with E-state index >= 15 is 0 Å². The zero-order chi connectivity index (χ0) is 16.0. The van der Waals surface area contributed by atoms with Gasteiger partial charge in [0, 0.05) is 29.7 Å². The third kappa shape index (κ3) is 2.30. The van der Waals surface area contributed by atoms with Gasteiger partial charge in [0.2, 0.25) is 5.91 Å². The van der Waals surface area contributed by atoms with E-state index < -0.39 is 18.0 Å². The zero-order valence-corrected chi connectivity index (χ0v) is 13.0. The van der Waals surface area contributed by atoms with Crippen LogP contribution in [0.3, 0.4) is 0 Å². The number of aliphatic hydroxyl groups is 1. The molecule has 2 fully saturated rings. The molecule has 0 radical (unpaired) electrons. The van der Waals surface area contributed by atoms with Gasteiger partial charge in [0.15, 0.2) is 0 Å². The van der Waals surface area contributed by atoms with Crippen LogP contribution in [-0.2, 0) is 9.59 Å². The molecule has 3 aliphatic rings. The highest BCUT2D eigenvalue weighted by molar-refractivity contribution is 8.03. The Morgan fingerprint density at radius 1 is 1.55 bits per heavy atom. The van der Waals surface area contributed by atoms with E-state index in [1.807, 2.05) is 4.90 Å². The van der Waals surface area contributed by atoms with Crippen molar-refractivity contribution in [3.63, 3.8) is 0 Å². The van der Waals surface area contributed by atoms with Crippen LogP contribution in [0.2, 0.25) is 0 Å². The maximum Gasteiger partial charge on any atom is 0.353 e. The van der Waals surface area contributed by atoms with Crippen molar-refractivity contribution in [2.75, 3.05) is 13.1 Å². The van der Waals surface area contributed by atoms with Gasteiger partial charge in [0.1, 0.15) is 5.70 Å². The summed E-state index contributed by atoms with van der Waals surface area (Å²) in [4.78, 5) is 27.6. The number of carboxylic acids is 1. The number of carbonyl (C=O) groups is 2. The van der Waals surface area contributed by atoms with Crippen LogP contribution in [0.1, 0.15) is 19.8 Å². The van der Waals surface area contributed by atoms with Crippen molar-refractivity contribution in [3.8, 4) is 0 Å². The predicted molar refractivity (Wildman–Crippen MR) is 81.4 cm³/mol. The van der Waals surface area contributed by atoms with Gasteiger partial charge in [-0.2, -0.15) is 0 Å². The van der Waals surface area contributed by atoms with Crippen LogP contribution >= 0.6 is 11.8 Å². The molecule has 0 aromatic carbocycles. The number of amides is 1. The lowest BCUT2D eigenvalue weighted by Crippen LogP contribution is -2.61. The summed E-state index contributed by atoms with van der Waals surface area (Å²) in [5.41, 5.74) is 0.0882. The number of hydrogen-bond acceptors (Lipinski definition) is 5. The van der Waals surface area contributed by atoms with E-state index in [1.165, 1.54) is 23.0 Å². The number of carbonyl (C=O) groups excluding carboxylic acids is 1. The van der Waals surface area contributed by atoms with Crippen LogP contribution < -0.4 is 0 Å². The number of hydrogen-bond donors (Lipinski definition) is 3. The lowest BCUT2D eigenvalue weighted by Gasteiger charge is -2.44. The van der Waals surface area contributed by atoms with Crippen LogP contribution in [0.15, 0.2) is 10.6 Å². The molecule has 1 amide bonds. The Labute approximate surface area is 132 Å². The number of carboxylic acid groups (broad SMARTS) is 1. The van der Waals surface area contributed by atoms with Crippen molar-refractivity contribution in [1.82, 2.24) is 9.80 Å². The number of aliphatic hydroxyl groups excluding tert-OH is 1. The molecule has 0 aliphatic carbocycles. The van der Waals surface area contributed by atoms with Crippen molar-refractivity contribution in [2.45, 2.75) is 37.2 Å². The molecule has 3 heterocycles. The van der Waals surface area contributed by atoms with Crippen LogP contribution in [0.5, 0.6) is 0 Å². The van der Waals surface area contributed by atoms with Gasteiger partial charge in [-0.15, -0.1) is 11.8 Å². The molecule has 3 aliphatic heterocycles. The maximum absolute atomic E-state index is 12.1. The fourth-order valence-corrected chi connectivity index (χ4v) is 4.96. The zero-order valence-electron chi connectivity index (χ0n) is 12.2. The van der Waals surface area contributed by atoms with E-state index in [0.29, 0.717) is 6.42 Å². The SMILES string of the molecule is CC(O)C1C(=O)N2C(C(=O)O)=C(SC3CCN(C=N)C3)C[C@H]12. The number of β-lactam (4-membered cyclic amide) rings is 1. The van der Waals surface area contributed by atoms with Crippen molar-refractivity contribution < 1.29 is 19.8 Å². The quantitative estimate of drug-likeness (QED) is 0.382. The largest absolute Gasteiger partial charge is 0.477 e. The van der Waals surface area contributed by atoms with E-state index in [9.17, 15) is 19.8 Å². The molecule has 2 saturated heterocycles. The van der Waals surface area contributed by atoms with Crippen molar-refractivity contribution in [3.05, 3.63) is 10.6 Å². The van der Waals surface area contributed by atoms with Crippen LogP contribution in [0, 0.1) is 11.3 Å². The summed E-state index contributed by atoms with van der Waals surface area (Å²) in [5, 5.41) is 26.6. The van der Waals surface area contributed by atoms with E-state index in [-0.39, 0.29) is 22.9 Å². The average molecular weight is 325 g/mol. The monoisotopic (exact) mass is 325 g/mol. The average Bonchev–Trinajstić information content (AvgIpc) is 3.01. The van der Waals surface area contributed by atoms with Crippen molar-refractivity contribution in [1.29, 1.82) is 5.41 Å². The molecule has 4 atom stereocenters. The highest BCUT2D eigenvalue weighted by Gasteiger charge is 2.56. The lowest BCUT2D eigenvalue weighted by molar-refractivity contribution is -0.161.